The van der Waals surface area contributed by atoms with Gasteiger partial charge in [0.05, 0.1) is 11.6 Å². The molecule has 5 N–H and O–H groups in total. The van der Waals surface area contributed by atoms with Crippen LogP contribution in [0.25, 0.3) is 22.0 Å². The molecule has 1 atom stereocenters. The van der Waals surface area contributed by atoms with Crippen LogP contribution in [0.3, 0.4) is 0 Å². The number of H-pyrrole nitrogens is 1. The zero-order chi connectivity index (χ0) is 26.5. The summed E-state index contributed by atoms with van der Waals surface area (Å²) >= 11 is 0. The second kappa shape index (κ2) is 11.3. The Morgan fingerprint density at radius 3 is 2.42 bits per heavy atom. The monoisotopic (exact) mass is 505 g/mol. The van der Waals surface area contributed by atoms with E-state index >= 15 is 0 Å². The lowest BCUT2D eigenvalue weighted by atomic mass is 10.00. The molecule has 0 radical (unpaired) electrons. The van der Waals surface area contributed by atoms with Crippen LogP contribution in [0.4, 0.5) is 11.4 Å². The van der Waals surface area contributed by atoms with E-state index in [0.717, 1.165) is 17.8 Å². The van der Waals surface area contributed by atoms with Gasteiger partial charge in [-0.3, -0.25) is 4.79 Å². The normalized spacial score (nSPS) is 11.9. The molecule has 38 heavy (non-hydrogen) atoms. The molecule has 0 aliphatic rings. The molecule has 0 fully saturated rings. The number of aliphatic hydroxyl groups is 1. The molecule has 192 valence electrons. The van der Waals surface area contributed by atoms with E-state index in [1.54, 1.807) is 12.1 Å². The highest BCUT2D eigenvalue weighted by molar-refractivity contribution is 5.87. The second-order valence-electron chi connectivity index (χ2n) is 9.47. The van der Waals surface area contributed by atoms with Gasteiger partial charge in [0.2, 0.25) is 5.56 Å². The van der Waals surface area contributed by atoms with E-state index in [-0.39, 0.29) is 11.3 Å². The lowest BCUT2D eigenvalue weighted by Gasteiger charge is -2.15. The highest BCUT2D eigenvalue weighted by Gasteiger charge is 2.13. The van der Waals surface area contributed by atoms with Gasteiger partial charge in [0.15, 0.2) is 0 Å². The molecule has 6 heteroatoms. The smallest absolute Gasteiger partial charge is 0.248 e. The van der Waals surface area contributed by atoms with Crippen LogP contribution in [-0.2, 0) is 6.42 Å². The van der Waals surface area contributed by atoms with Gasteiger partial charge in [-0.25, -0.2) is 0 Å². The van der Waals surface area contributed by atoms with Crippen molar-refractivity contribution in [3.05, 3.63) is 124 Å². The van der Waals surface area contributed by atoms with Crippen molar-refractivity contribution >= 4 is 22.3 Å². The Labute approximate surface area is 221 Å². The summed E-state index contributed by atoms with van der Waals surface area (Å²) in [4.78, 5) is 14.2. The number of phenols is 1. The van der Waals surface area contributed by atoms with Crippen LogP contribution in [0.1, 0.15) is 22.8 Å². The number of pyridine rings is 1. The summed E-state index contributed by atoms with van der Waals surface area (Å²) in [7, 11) is 0. The third-order valence-electron chi connectivity index (χ3n) is 6.76. The topological polar surface area (TPSA) is 97.4 Å². The molecule has 1 heterocycles. The Balaban J connectivity index is 1.15. The molecule has 4 aromatic carbocycles. The molecule has 0 saturated heterocycles. The standard InChI is InChI=1S/C32H31N3O3/c1-21-7-10-25(19-28(21)23-5-3-2-4-6-23)34-24-11-8-22(9-12-24)17-18-33-20-30(37)26-13-15-29(36)32-27(26)14-16-31(38)35-32/h2-16,19,30,33-34,36-37H,17-18,20H2,1H3,(H,35,38). The molecule has 0 aliphatic carbocycles. The zero-order valence-electron chi connectivity index (χ0n) is 21.2. The average molecular weight is 506 g/mol. The fourth-order valence-corrected chi connectivity index (χ4v) is 4.68. The van der Waals surface area contributed by atoms with Crippen molar-refractivity contribution in [2.75, 3.05) is 18.4 Å². The molecule has 0 spiro atoms. The number of aromatic hydroxyl groups is 1. The van der Waals surface area contributed by atoms with Gasteiger partial charge in [-0.15, -0.1) is 0 Å². The number of nitrogens with one attached hydrogen (secondary N) is 3. The number of anilines is 2. The van der Waals surface area contributed by atoms with Gasteiger partial charge >= 0.3 is 0 Å². The van der Waals surface area contributed by atoms with Crippen molar-refractivity contribution in [3.63, 3.8) is 0 Å². The van der Waals surface area contributed by atoms with Crippen LogP contribution < -0.4 is 16.2 Å². The second-order valence-corrected chi connectivity index (χ2v) is 9.47. The van der Waals surface area contributed by atoms with E-state index in [0.29, 0.717) is 29.6 Å². The first kappa shape index (κ1) is 25.3. The van der Waals surface area contributed by atoms with Crippen LogP contribution in [0.15, 0.2) is 102 Å². The summed E-state index contributed by atoms with van der Waals surface area (Å²) in [6, 6.07) is 31.4. The number of aryl methyl sites for hydroxylation is 1. The molecule has 0 bridgehead atoms. The van der Waals surface area contributed by atoms with Gasteiger partial charge in [-0.05, 0) is 84.1 Å². The number of rotatable bonds is 9. The first-order valence-corrected chi connectivity index (χ1v) is 12.7. The van der Waals surface area contributed by atoms with Gasteiger partial charge in [0.1, 0.15) is 5.75 Å². The summed E-state index contributed by atoms with van der Waals surface area (Å²) < 4.78 is 0. The molecule has 1 unspecified atom stereocenters. The Morgan fingerprint density at radius 2 is 1.63 bits per heavy atom. The number of aromatic nitrogens is 1. The lowest BCUT2D eigenvalue weighted by Crippen LogP contribution is -2.24. The molecule has 0 amide bonds. The van der Waals surface area contributed by atoms with E-state index in [9.17, 15) is 15.0 Å². The molecule has 5 aromatic rings. The summed E-state index contributed by atoms with van der Waals surface area (Å²) in [6.45, 7) is 3.19. The van der Waals surface area contributed by atoms with Crippen LogP contribution >= 0.6 is 0 Å². The fourth-order valence-electron chi connectivity index (χ4n) is 4.68. The van der Waals surface area contributed by atoms with Crippen molar-refractivity contribution < 1.29 is 10.2 Å². The average Bonchev–Trinajstić information content (AvgIpc) is 2.94. The number of aromatic amines is 1. The molecular formula is C32H31N3O3. The van der Waals surface area contributed by atoms with Crippen molar-refractivity contribution in [1.82, 2.24) is 10.3 Å². The van der Waals surface area contributed by atoms with Gasteiger partial charge in [0, 0.05) is 29.4 Å². The summed E-state index contributed by atoms with van der Waals surface area (Å²) in [5.74, 6) is -0.0152. The summed E-state index contributed by atoms with van der Waals surface area (Å²) in [5.41, 5.74) is 7.62. The van der Waals surface area contributed by atoms with Crippen molar-refractivity contribution in [2.45, 2.75) is 19.4 Å². The minimum absolute atomic E-state index is 0.0152. The van der Waals surface area contributed by atoms with Gasteiger partial charge < -0.3 is 25.8 Å². The predicted octanol–water partition coefficient (Wildman–Crippen LogP) is 5.82. The van der Waals surface area contributed by atoms with Crippen LogP contribution in [0.2, 0.25) is 0 Å². The van der Waals surface area contributed by atoms with E-state index in [1.807, 2.05) is 6.07 Å². The Hall–Kier alpha value is -4.39. The third kappa shape index (κ3) is 5.78. The molecule has 6 nitrogen and oxygen atoms in total. The summed E-state index contributed by atoms with van der Waals surface area (Å²) in [6.07, 6.45) is 0.0464. The zero-order valence-corrected chi connectivity index (χ0v) is 21.2. The number of hydrogen-bond acceptors (Lipinski definition) is 5. The third-order valence-corrected chi connectivity index (χ3v) is 6.76. The number of aliphatic hydroxyl groups excluding tert-OH is 1. The number of phenolic OH excluding ortho intramolecular Hbond substituents is 1. The maximum Gasteiger partial charge on any atom is 0.248 e. The van der Waals surface area contributed by atoms with Crippen LogP contribution in [0.5, 0.6) is 5.75 Å². The Kier molecular flexibility index (Phi) is 7.54. The van der Waals surface area contributed by atoms with E-state index in [4.69, 9.17) is 0 Å². The maximum atomic E-state index is 11.6. The molecule has 0 aliphatic heterocycles. The minimum atomic E-state index is -0.772. The largest absolute Gasteiger partial charge is 0.506 e. The van der Waals surface area contributed by atoms with Crippen molar-refractivity contribution in [1.29, 1.82) is 0 Å². The van der Waals surface area contributed by atoms with E-state index in [1.165, 1.54) is 34.4 Å². The first-order valence-electron chi connectivity index (χ1n) is 12.7. The number of benzene rings is 4. The first-order chi connectivity index (χ1) is 18.5. The van der Waals surface area contributed by atoms with Gasteiger partial charge in [-0.2, -0.15) is 0 Å². The minimum Gasteiger partial charge on any atom is -0.506 e. The van der Waals surface area contributed by atoms with E-state index < -0.39 is 6.10 Å². The van der Waals surface area contributed by atoms with E-state index in [2.05, 4.69) is 89.3 Å². The number of hydrogen-bond donors (Lipinski definition) is 5. The highest BCUT2D eigenvalue weighted by Crippen LogP contribution is 2.29. The SMILES string of the molecule is Cc1ccc(Nc2ccc(CCNCC(O)c3ccc(O)c4[nH]c(=O)ccc34)cc2)cc1-c1ccccc1. The quantitative estimate of drug-likeness (QED) is 0.163. The van der Waals surface area contributed by atoms with Crippen LogP contribution in [-0.4, -0.2) is 28.3 Å². The summed E-state index contributed by atoms with van der Waals surface area (Å²) in [5, 5.41) is 28.2. The maximum absolute atomic E-state index is 11.6. The Bertz CT molecular complexity index is 1600. The lowest BCUT2D eigenvalue weighted by molar-refractivity contribution is 0.176. The number of fused-ring (bicyclic) bond motifs is 1. The van der Waals surface area contributed by atoms with Gasteiger partial charge in [-0.1, -0.05) is 54.6 Å². The Morgan fingerprint density at radius 1 is 0.868 bits per heavy atom. The molecule has 1 aromatic heterocycles. The van der Waals surface area contributed by atoms with Crippen molar-refractivity contribution in [3.8, 4) is 16.9 Å². The molecule has 5 rings (SSSR count). The van der Waals surface area contributed by atoms with Crippen LogP contribution in [0, 0.1) is 6.92 Å². The predicted molar refractivity (Wildman–Crippen MR) is 154 cm³/mol. The van der Waals surface area contributed by atoms with Gasteiger partial charge in [0.25, 0.3) is 0 Å². The fraction of sp³-hybridized carbons (Fsp3) is 0.156. The van der Waals surface area contributed by atoms with Crippen molar-refractivity contribution in [2.24, 2.45) is 0 Å². The molecular weight excluding hydrogens is 474 g/mol. The molecule has 0 saturated carbocycles. The highest BCUT2D eigenvalue weighted by atomic mass is 16.3.